The highest BCUT2D eigenvalue weighted by Crippen LogP contribution is 2.11. The summed E-state index contributed by atoms with van der Waals surface area (Å²) in [5.41, 5.74) is 1.27. The van der Waals surface area contributed by atoms with E-state index in [2.05, 4.69) is 24.4 Å². The van der Waals surface area contributed by atoms with Gasteiger partial charge in [0.2, 0.25) is 0 Å². The van der Waals surface area contributed by atoms with Gasteiger partial charge in [0.25, 0.3) is 0 Å². The molecule has 3 nitrogen and oxygen atoms in total. The quantitative estimate of drug-likeness (QED) is 0.628. The first-order valence-electron chi connectivity index (χ1n) is 6.90. The summed E-state index contributed by atoms with van der Waals surface area (Å²) in [5.74, 6) is 0.816. The number of nitrogens with one attached hydrogen (secondary N) is 1. The molecule has 1 rings (SSSR count). The van der Waals surface area contributed by atoms with Crippen LogP contribution < -0.4 is 10.1 Å². The molecule has 0 aliphatic carbocycles. The van der Waals surface area contributed by atoms with E-state index in [4.69, 9.17) is 9.84 Å². The molecule has 102 valence electrons. The summed E-state index contributed by atoms with van der Waals surface area (Å²) in [7, 11) is 0. The van der Waals surface area contributed by atoms with Crippen LogP contribution in [0.3, 0.4) is 0 Å². The van der Waals surface area contributed by atoms with Crippen LogP contribution in [0, 0.1) is 0 Å². The molecular weight excluding hydrogens is 226 g/mol. The normalized spacial score (nSPS) is 10.6. The third kappa shape index (κ3) is 6.62. The van der Waals surface area contributed by atoms with E-state index >= 15 is 0 Å². The van der Waals surface area contributed by atoms with Crippen molar-refractivity contribution in [2.24, 2.45) is 0 Å². The van der Waals surface area contributed by atoms with E-state index in [1.165, 1.54) is 31.2 Å². The van der Waals surface area contributed by atoms with E-state index in [9.17, 15) is 0 Å². The van der Waals surface area contributed by atoms with Gasteiger partial charge in [-0.2, -0.15) is 0 Å². The molecule has 1 aromatic carbocycles. The zero-order valence-corrected chi connectivity index (χ0v) is 11.3. The van der Waals surface area contributed by atoms with Crippen molar-refractivity contribution in [1.82, 2.24) is 5.32 Å². The number of hydrogen-bond donors (Lipinski definition) is 2. The molecule has 0 bridgehead atoms. The number of aliphatic hydroxyl groups excluding tert-OH is 1. The van der Waals surface area contributed by atoms with Gasteiger partial charge in [0.05, 0.1) is 6.61 Å². The van der Waals surface area contributed by atoms with Crippen LogP contribution in [-0.4, -0.2) is 24.9 Å². The van der Waals surface area contributed by atoms with Gasteiger partial charge in [-0.15, -0.1) is 0 Å². The molecule has 0 spiro atoms. The lowest BCUT2D eigenvalue weighted by atomic mass is 10.2. The predicted molar refractivity (Wildman–Crippen MR) is 74.9 cm³/mol. The Morgan fingerprint density at radius 1 is 1.11 bits per heavy atom. The Morgan fingerprint density at radius 3 is 2.56 bits per heavy atom. The molecule has 0 saturated heterocycles. The van der Waals surface area contributed by atoms with Crippen LogP contribution in [0.1, 0.15) is 38.2 Å². The Morgan fingerprint density at radius 2 is 1.89 bits per heavy atom. The summed E-state index contributed by atoms with van der Waals surface area (Å²) < 4.78 is 5.31. The first kappa shape index (κ1) is 15.0. The highest BCUT2D eigenvalue weighted by atomic mass is 16.5. The molecule has 0 fully saturated rings. The predicted octanol–water partition coefficient (Wildman–Crippen LogP) is 2.73. The van der Waals surface area contributed by atoms with E-state index in [-0.39, 0.29) is 6.61 Å². The number of aliphatic hydroxyl groups is 1. The number of rotatable bonds is 10. The average molecular weight is 251 g/mol. The van der Waals surface area contributed by atoms with Crippen molar-refractivity contribution in [2.45, 2.75) is 39.2 Å². The van der Waals surface area contributed by atoms with Crippen molar-refractivity contribution < 1.29 is 9.84 Å². The van der Waals surface area contributed by atoms with Crippen molar-refractivity contribution in [3.8, 4) is 5.75 Å². The van der Waals surface area contributed by atoms with Crippen LogP contribution in [-0.2, 0) is 6.54 Å². The lowest BCUT2D eigenvalue weighted by Gasteiger charge is -2.07. The zero-order chi connectivity index (χ0) is 13.1. The second-order valence-corrected chi connectivity index (χ2v) is 4.45. The summed E-state index contributed by atoms with van der Waals surface area (Å²) in [6.45, 7) is 4.64. The molecule has 0 amide bonds. The maximum Gasteiger partial charge on any atom is 0.119 e. The monoisotopic (exact) mass is 251 g/mol. The highest BCUT2D eigenvalue weighted by molar-refractivity contribution is 5.27. The van der Waals surface area contributed by atoms with Crippen molar-refractivity contribution >= 4 is 0 Å². The molecule has 0 aromatic heterocycles. The summed E-state index contributed by atoms with van der Waals surface area (Å²) in [5, 5.41) is 12.1. The van der Waals surface area contributed by atoms with Crippen molar-refractivity contribution in [2.75, 3.05) is 19.8 Å². The van der Waals surface area contributed by atoms with Gasteiger partial charge in [0.15, 0.2) is 0 Å². The molecule has 0 aliphatic heterocycles. The third-order valence-corrected chi connectivity index (χ3v) is 2.82. The van der Waals surface area contributed by atoms with E-state index < -0.39 is 0 Å². The minimum Gasteiger partial charge on any atom is -0.491 e. The fraction of sp³-hybridized carbons (Fsp3) is 0.600. The summed E-state index contributed by atoms with van der Waals surface area (Å²) in [6.07, 6.45) is 5.19. The highest BCUT2D eigenvalue weighted by Gasteiger charge is 1.95. The number of ether oxygens (including phenoxy) is 1. The minimum absolute atomic E-state index is 0.0566. The van der Waals surface area contributed by atoms with Crippen molar-refractivity contribution in [3.05, 3.63) is 29.8 Å². The molecule has 0 aliphatic rings. The molecule has 0 atom stereocenters. The Hall–Kier alpha value is -1.06. The second-order valence-electron chi connectivity index (χ2n) is 4.45. The van der Waals surface area contributed by atoms with Crippen LogP contribution in [0.4, 0.5) is 0 Å². The molecule has 0 radical (unpaired) electrons. The second kappa shape index (κ2) is 9.92. The Kier molecular flexibility index (Phi) is 8.26. The zero-order valence-electron chi connectivity index (χ0n) is 11.3. The molecular formula is C15H25NO2. The third-order valence-electron chi connectivity index (χ3n) is 2.82. The molecule has 2 N–H and O–H groups in total. The lowest BCUT2D eigenvalue weighted by Crippen LogP contribution is -2.14. The van der Waals surface area contributed by atoms with Gasteiger partial charge in [-0.05, 0) is 30.7 Å². The summed E-state index contributed by atoms with van der Waals surface area (Å²) >= 11 is 0. The number of hydrogen-bond acceptors (Lipinski definition) is 3. The first-order valence-corrected chi connectivity index (χ1v) is 6.90. The van der Waals surface area contributed by atoms with Gasteiger partial charge in [-0.1, -0.05) is 38.3 Å². The Balaban J connectivity index is 2.14. The van der Waals surface area contributed by atoms with E-state index in [0.717, 1.165) is 18.8 Å². The van der Waals surface area contributed by atoms with E-state index in [1.807, 2.05) is 12.1 Å². The van der Waals surface area contributed by atoms with Gasteiger partial charge in [0, 0.05) is 6.54 Å². The molecule has 1 aromatic rings. The number of benzene rings is 1. The van der Waals surface area contributed by atoms with Gasteiger partial charge in [-0.3, -0.25) is 0 Å². The van der Waals surface area contributed by atoms with Crippen LogP contribution >= 0.6 is 0 Å². The maximum absolute atomic E-state index is 8.65. The summed E-state index contributed by atoms with van der Waals surface area (Å²) in [4.78, 5) is 0. The molecule has 0 unspecified atom stereocenters. The van der Waals surface area contributed by atoms with Crippen LogP contribution in [0.15, 0.2) is 24.3 Å². The van der Waals surface area contributed by atoms with Gasteiger partial charge in [0.1, 0.15) is 12.4 Å². The maximum atomic E-state index is 8.65. The van der Waals surface area contributed by atoms with Crippen molar-refractivity contribution in [1.29, 1.82) is 0 Å². The molecule has 18 heavy (non-hydrogen) atoms. The standard InChI is InChI=1S/C15H25NO2/c1-2-3-4-5-10-16-13-14-6-8-15(9-7-14)18-12-11-17/h6-9,16-17H,2-5,10-13H2,1H3. The SMILES string of the molecule is CCCCCCNCc1ccc(OCCO)cc1. The van der Waals surface area contributed by atoms with Gasteiger partial charge < -0.3 is 15.2 Å². The van der Waals surface area contributed by atoms with E-state index in [1.54, 1.807) is 0 Å². The van der Waals surface area contributed by atoms with Crippen LogP contribution in [0.5, 0.6) is 5.75 Å². The molecule has 0 saturated carbocycles. The largest absolute Gasteiger partial charge is 0.491 e. The minimum atomic E-state index is 0.0566. The number of unbranched alkanes of at least 4 members (excludes halogenated alkanes) is 3. The van der Waals surface area contributed by atoms with Gasteiger partial charge in [-0.25, -0.2) is 0 Å². The molecule has 0 heterocycles. The molecule has 3 heteroatoms. The summed E-state index contributed by atoms with van der Waals surface area (Å²) in [6, 6.07) is 8.02. The first-order chi connectivity index (χ1) is 8.86. The fourth-order valence-corrected chi connectivity index (χ4v) is 1.78. The van der Waals surface area contributed by atoms with Crippen LogP contribution in [0.2, 0.25) is 0 Å². The van der Waals surface area contributed by atoms with E-state index in [0.29, 0.717) is 6.61 Å². The van der Waals surface area contributed by atoms with Crippen molar-refractivity contribution in [3.63, 3.8) is 0 Å². The van der Waals surface area contributed by atoms with Gasteiger partial charge >= 0.3 is 0 Å². The smallest absolute Gasteiger partial charge is 0.119 e. The topological polar surface area (TPSA) is 41.5 Å². The average Bonchev–Trinajstić information content (AvgIpc) is 2.42. The lowest BCUT2D eigenvalue weighted by molar-refractivity contribution is 0.201. The van der Waals surface area contributed by atoms with Crippen LogP contribution in [0.25, 0.3) is 0 Å². The fourth-order valence-electron chi connectivity index (χ4n) is 1.78. The Labute approximate surface area is 110 Å². The Bertz CT molecular complexity index is 298.